The van der Waals surface area contributed by atoms with E-state index in [1.54, 1.807) is 18.9 Å². The summed E-state index contributed by atoms with van der Waals surface area (Å²) in [5.74, 6) is 2.49. The molecule has 150 valence electrons. The highest BCUT2D eigenvalue weighted by Crippen LogP contribution is 2.41. The number of hydrogen-bond donors (Lipinski definition) is 1. The Labute approximate surface area is 175 Å². The van der Waals surface area contributed by atoms with Crippen molar-refractivity contribution in [3.05, 3.63) is 53.1 Å². The van der Waals surface area contributed by atoms with E-state index in [1.807, 2.05) is 56.3 Å². The Morgan fingerprint density at radius 3 is 2.75 bits per heavy atom. The summed E-state index contributed by atoms with van der Waals surface area (Å²) in [6.07, 6.45) is 2.06. The van der Waals surface area contributed by atoms with Gasteiger partial charge in [-0.15, -0.1) is 11.8 Å². The Kier molecular flexibility index (Phi) is 6.78. The molecule has 0 fully saturated rings. The number of fused-ring (bicyclic) bond motifs is 1. The number of carbonyl (C=O) groups excluding carboxylic acids is 1. The Bertz CT molecular complexity index is 823. The van der Waals surface area contributed by atoms with E-state index in [0.717, 1.165) is 40.7 Å². The van der Waals surface area contributed by atoms with Crippen LogP contribution in [0.25, 0.3) is 0 Å². The minimum absolute atomic E-state index is 0.0546. The van der Waals surface area contributed by atoms with Gasteiger partial charge >= 0.3 is 0 Å². The van der Waals surface area contributed by atoms with Gasteiger partial charge in [0.05, 0.1) is 13.2 Å². The highest BCUT2D eigenvalue weighted by atomic mass is 35.5. The third kappa shape index (κ3) is 5.58. The second-order valence-electron chi connectivity index (χ2n) is 7.50. The van der Waals surface area contributed by atoms with Gasteiger partial charge in [-0.1, -0.05) is 11.6 Å². The molecule has 0 aliphatic carbocycles. The summed E-state index contributed by atoms with van der Waals surface area (Å²) in [6, 6.07) is 13.5. The zero-order chi connectivity index (χ0) is 20.1. The van der Waals surface area contributed by atoms with E-state index in [4.69, 9.17) is 21.1 Å². The first kappa shape index (κ1) is 20.9. The van der Waals surface area contributed by atoms with Crippen LogP contribution < -0.4 is 14.8 Å². The molecule has 0 bridgehead atoms. The molecule has 0 saturated carbocycles. The van der Waals surface area contributed by atoms with Gasteiger partial charge in [0.15, 0.2) is 0 Å². The molecule has 28 heavy (non-hydrogen) atoms. The fraction of sp³-hybridized carbons (Fsp3) is 0.409. The number of ether oxygens (including phenoxy) is 2. The Morgan fingerprint density at radius 2 is 2.04 bits per heavy atom. The Morgan fingerprint density at radius 1 is 1.29 bits per heavy atom. The van der Waals surface area contributed by atoms with Crippen LogP contribution in [0, 0.1) is 0 Å². The molecule has 1 atom stereocenters. The minimum Gasteiger partial charge on any atom is -0.497 e. The largest absolute Gasteiger partial charge is 0.497 e. The molecule has 1 heterocycles. The smallest absolute Gasteiger partial charge is 0.220 e. The number of benzene rings is 2. The van der Waals surface area contributed by atoms with Gasteiger partial charge < -0.3 is 14.8 Å². The van der Waals surface area contributed by atoms with Gasteiger partial charge in [-0.3, -0.25) is 4.79 Å². The van der Waals surface area contributed by atoms with Gasteiger partial charge in [0.2, 0.25) is 5.91 Å². The van der Waals surface area contributed by atoms with E-state index in [9.17, 15) is 4.79 Å². The second kappa shape index (κ2) is 9.10. The molecule has 0 aromatic heterocycles. The van der Waals surface area contributed by atoms with Crippen LogP contribution >= 0.6 is 23.4 Å². The summed E-state index contributed by atoms with van der Waals surface area (Å²) in [6.45, 7) is 4.08. The first-order chi connectivity index (χ1) is 13.4. The summed E-state index contributed by atoms with van der Waals surface area (Å²) < 4.78 is 11.4. The van der Waals surface area contributed by atoms with Crippen molar-refractivity contribution in [2.75, 3.05) is 12.9 Å². The molecule has 1 unspecified atom stereocenters. The molecule has 4 nitrogen and oxygen atoms in total. The molecule has 1 aliphatic rings. The van der Waals surface area contributed by atoms with Crippen LogP contribution in [0.2, 0.25) is 5.02 Å². The molecule has 1 aliphatic heterocycles. The summed E-state index contributed by atoms with van der Waals surface area (Å²) in [7, 11) is 1.64. The average molecular weight is 420 g/mol. The van der Waals surface area contributed by atoms with Crippen molar-refractivity contribution in [3.8, 4) is 11.5 Å². The van der Waals surface area contributed by atoms with Crippen LogP contribution in [-0.4, -0.2) is 24.4 Å². The molecule has 1 N–H and O–H groups in total. The zero-order valence-electron chi connectivity index (χ0n) is 16.5. The highest BCUT2D eigenvalue weighted by Gasteiger charge is 2.34. The standard InChI is InChI=1S/C22H26ClNO3S/c1-22(2)14-19(18-11-8-16(26-3)13-20(18)27-22)24-21(25)5-4-12-28-17-9-6-15(23)7-10-17/h6-11,13,19H,4-5,12,14H2,1-3H3,(H,24,25). The maximum atomic E-state index is 12.5. The van der Waals surface area contributed by atoms with Gasteiger partial charge in [-0.25, -0.2) is 0 Å². The molecule has 0 saturated heterocycles. The molecule has 0 radical (unpaired) electrons. The second-order valence-corrected chi connectivity index (χ2v) is 9.10. The molecular weight excluding hydrogens is 394 g/mol. The number of carbonyl (C=O) groups is 1. The van der Waals surface area contributed by atoms with Gasteiger partial charge in [-0.2, -0.15) is 0 Å². The monoisotopic (exact) mass is 419 g/mol. The lowest BCUT2D eigenvalue weighted by Gasteiger charge is -2.38. The zero-order valence-corrected chi connectivity index (χ0v) is 18.0. The van der Waals surface area contributed by atoms with Crippen LogP contribution in [0.15, 0.2) is 47.4 Å². The van der Waals surface area contributed by atoms with E-state index >= 15 is 0 Å². The van der Waals surface area contributed by atoms with Crippen molar-refractivity contribution < 1.29 is 14.3 Å². The minimum atomic E-state index is -0.345. The van der Waals surface area contributed by atoms with Crippen molar-refractivity contribution in [1.29, 1.82) is 0 Å². The number of hydrogen-bond acceptors (Lipinski definition) is 4. The maximum absolute atomic E-state index is 12.5. The first-order valence-corrected chi connectivity index (χ1v) is 10.8. The molecule has 2 aromatic rings. The number of halogens is 1. The van der Waals surface area contributed by atoms with Crippen LogP contribution in [0.5, 0.6) is 11.5 Å². The van der Waals surface area contributed by atoms with Crippen molar-refractivity contribution in [2.24, 2.45) is 0 Å². The Hall–Kier alpha value is -1.85. The summed E-state index contributed by atoms with van der Waals surface area (Å²) in [5, 5.41) is 3.92. The lowest BCUT2D eigenvalue weighted by molar-refractivity contribution is -0.122. The van der Waals surface area contributed by atoms with E-state index < -0.39 is 0 Å². The van der Waals surface area contributed by atoms with E-state index in [2.05, 4.69) is 5.32 Å². The quantitative estimate of drug-likeness (QED) is 0.466. The van der Waals surface area contributed by atoms with Gasteiger partial charge in [0.25, 0.3) is 0 Å². The van der Waals surface area contributed by atoms with Crippen LogP contribution in [-0.2, 0) is 4.79 Å². The number of methoxy groups -OCH3 is 1. The number of thioether (sulfide) groups is 1. The summed E-state index contributed by atoms with van der Waals surface area (Å²) >= 11 is 7.64. The predicted molar refractivity (Wildman–Crippen MR) is 115 cm³/mol. The normalized spacial score (nSPS) is 17.4. The number of amides is 1. The van der Waals surface area contributed by atoms with Gasteiger partial charge in [0, 0.05) is 34.4 Å². The lowest BCUT2D eigenvalue weighted by Crippen LogP contribution is -2.41. The van der Waals surface area contributed by atoms with Gasteiger partial charge in [0.1, 0.15) is 17.1 Å². The van der Waals surface area contributed by atoms with Crippen LogP contribution in [0.4, 0.5) is 0 Å². The molecule has 2 aromatic carbocycles. The molecule has 3 rings (SSSR count). The SMILES string of the molecule is COc1ccc2c(c1)OC(C)(C)CC2NC(=O)CCCSc1ccc(Cl)cc1. The predicted octanol–water partition coefficient (Wildman–Crippen LogP) is 5.64. The highest BCUT2D eigenvalue weighted by molar-refractivity contribution is 7.99. The van der Waals surface area contributed by atoms with E-state index in [0.29, 0.717) is 6.42 Å². The third-order valence-corrected chi connectivity index (χ3v) is 5.99. The topological polar surface area (TPSA) is 47.6 Å². The number of rotatable bonds is 7. The Balaban J connectivity index is 1.54. The van der Waals surface area contributed by atoms with Crippen LogP contribution in [0.3, 0.4) is 0 Å². The van der Waals surface area contributed by atoms with E-state index in [1.165, 1.54) is 4.90 Å². The molecule has 1 amide bonds. The summed E-state index contributed by atoms with van der Waals surface area (Å²) in [5.41, 5.74) is 0.658. The molecule has 0 spiro atoms. The third-order valence-electron chi connectivity index (χ3n) is 4.64. The van der Waals surface area contributed by atoms with Crippen molar-refractivity contribution >= 4 is 29.3 Å². The van der Waals surface area contributed by atoms with Crippen molar-refractivity contribution in [2.45, 2.75) is 49.6 Å². The van der Waals surface area contributed by atoms with E-state index in [-0.39, 0.29) is 17.6 Å². The van der Waals surface area contributed by atoms with Crippen LogP contribution in [0.1, 0.15) is 44.7 Å². The van der Waals surface area contributed by atoms with Crippen molar-refractivity contribution in [3.63, 3.8) is 0 Å². The molecular formula is C22H26ClNO3S. The van der Waals surface area contributed by atoms with Gasteiger partial charge in [-0.05, 0) is 62.4 Å². The first-order valence-electron chi connectivity index (χ1n) is 9.41. The summed E-state index contributed by atoms with van der Waals surface area (Å²) in [4.78, 5) is 13.7. The van der Waals surface area contributed by atoms with Crippen molar-refractivity contribution in [1.82, 2.24) is 5.32 Å². The fourth-order valence-corrected chi connectivity index (χ4v) is 4.29. The fourth-order valence-electron chi connectivity index (χ4n) is 3.31. The maximum Gasteiger partial charge on any atom is 0.220 e. The lowest BCUT2D eigenvalue weighted by atomic mass is 9.89. The average Bonchev–Trinajstić information content (AvgIpc) is 2.65. The number of nitrogens with one attached hydrogen (secondary N) is 1. The molecule has 6 heteroatoms.